The number of hydrogen-bond acceptors (Lipinski definition) is 3. The normalized spacial score (nSPS) is 19.6. The van der Waals surface area contributed by atoms with E-state index in [1.54, 1.807) is 12.0 Å². The highest BCUT2D eigenvalue weighted by Gasteiger charge is 2.36. The number of piperazine rings is 1. The molecule has 1 atom stereocenters. The molecule has 2 rings (SSSR count). The Morgan fingerprint density at radius 2 is 1.95 bits per heavy atom. The number of ether oxygens (including phenoxy) is 1. The maximum atomic E-state index is 12.2. The van der Waals surface area contributed by atoms with Crippen molar-refractivity contribution < 1.29 is 14.3 Å². The highest BCUT2D eigenvalue weighted by atomic mass is 16.5. The molecule has 1 saturated heterocycles. The van der Waals surface area contributed by atoms with Crippen LogP contribution >= 0.6 is 0 Å². The quantitative estimate of drug-likeness (QED) is 0.894. The van der Waals surface area contributed by atoms with Crippen molar-refractivity contribution in [3.8, 4) is 0 Å². The Labute approximate surface area is 125 Å². The molecular weight excluding hydrogens is 268 g/mol. The van der Waals surface area contributed by atoms with Crippen LogP contribution in [0.5, 0.6) is 0 Å². The van der Waals surface area contributed by atoms with E-state index >= 15 is 0 Å². The van der Waals surface area contributed by atoms with E-state index in [2.05, 4.69) is 5.32 Å². The molecule has 1 aliphatic heterocycles. The maximum absolute atomic E-state index is 12.2. The van der Waals surface area contributed by atoms with Crippen LogP contribution in [0.4, 0.5) is 0 Å². The smallest absolute Gasteiger partial charge is 0.247 e. The van der Waals surface area contributed by atoms with Crippen molar-refractivity contribution in [3.63, 3.8) is 0 Å². The van der Waals surface area contributed by atoms with E-state index in [-0.39, 0.29) is 24.0 Å². The molecule has 0 aliphatic carbocycles. The molecular formula is C16H22N2O3. The monoisotopic (exact) mass is 290 g/mol. The van der Waals surface area contributed by atoms with Gasteiger partial charge in [0.25, 0.3) is 0 Å². The first kappa shape index (κ1) is 15.5. The van der Waals surface area contributed by atoms with Crippen LogP contribution in [0.3, 0.4) is 0 Å². The van der Waals surface area contributed by atoms with Crippen LogP contribution in [-0.4, -0.2) is 42.5 Å². The molecule has 0 radical (unpaired) electrons. The van der Waals surface area contributed by atoms with Gasteiger partial charge in [0.15, 0.2) is 0 Å². The fourth-order valence-electron chi connectivity index (χ4n) is 2.36. The third kappa shape index (κ3) is 3.61. The molecule has 1 N–H and O–H groups in total. The largest absolute Gasteiger partial charge is 0.379 e. The highest BCUT2D eigenvalue weighted by Crippen LogP contribution is 2.25. The Morgan fingerprint density at radius 1 is 1.29 bits per heavy atom. The molecule has 1 unspecified atom stereocenters. The number of nitrogens with one attached hydrogen (secondary N) is 1. The molecule has 5 heteroatoms. The number of methoxy groups -OCH3 is 1. The van der Waals surface area contributed by atoms with Gasteiger partial charge >= 0.3 is 0 Å². The van der Waals surface area contributed by atoms with Crippen LogP contribution < -0.4 is 5.32 Å². The molecule has 1 heterocycles. The van der Waals surface area contributed by atoms with Crippen molar-refractivity contribution in [3.05, 3.63) is 35.9 Å². The molecule has 0 saturated carbocycles. The number of hydrogen-bond donors (Lipinski definition) is 1. The number of rotatable bonds is 5. The lowest BCUT2D eigenvalue weighted by atomic mass is 9.99. The summed E-state index contributed by atoms with van der Waals surface area (Å²) in [7, 11) is 1.65. The fraction of sp³-hybridized carbons (Fsp3) is 0.500. The summed E-state index contributed by atoms with van der Waals surface area (Å²) in [6.07, 6.45) is 0.672. The van der Waals surface area contributed by atoms with Crippen molar-refractivity contribution in [2.24, 2.45) is 0 Å². The van der Waals surface area contributed by atoms with Gasteiger partial charge in [0.1, 0.15) is 6.04 Å². The molecule has 21 heavy (non-hydrogen) atoms. The average Bonchev–Trinajstić information content (AvgIpc) is 2.49. The van der Waals surface area contributed by atoms with Gasteiger partial charge in [-0.2, -0.15) is 0 Å². The van der Waals surface area contributed by atoms with E-state index in [0.717, 1.165) is 5.56 Å². The zero-order chi connectivity index (χ0) is 15.5. The molecule has 0 aromatic heterocycles. The summed E-state index contributed by atoms with van der Waals surface area (Å²) in [4.78, 5) is 26.1. The van der Waals surface area contributed by atoms with Crippen LogP contribution in [0.1, 0.15) is 31.9 Å². The highest BCUT2D eigenvalue weighted by molar-refractivity contribution is 5.95. The summed E-state index contributed by atoms with van der Waals surface area (Å²) in [5, 5.41) is 2.66. The third-order valence-corrected chi connectivity index (χ3v) is 3.92. The summed E-state index contributed by atoms with van der Waals surface area (Å²) >= 11 is 0. The van der Waals surface area contributed by atoms with Crippen LogP contribution in [0.25, 0.3) is 0 Å². The van der Waals surface area contributed by atoms with Gasteiger partial charge in [-0.05, 0) is 25.8 Å². The zero-order valence-corrected chi connectivity index (χ0v) is 12.8. The molecule has 5 nitrogen and oxygen atoms in total. The van der Waals surface area contributed by atoms with Gasteiger partial charge in [0.05, 0.1) is 12.1 Å². The summed E-state index contributed by atoms with van der Waals surface area (Å²) in [5.74, 6) is -0.189. The summed E-state index contributed by atoms with van der Waals surface area (Å²) in [6, 6.07) is 8.83. The lowest BCUT2D eigenvalue weighted by molar-refractivity contribution is -0.146. The number of carbonyl (C=O) groups is 2. The van der Waals surface area contributed by atoms with E-state index in [1.807, 2.05) is 44.2 Å². The maximum Gasteiger partial charge on any atom is 0.247 e. The Kier molecular flexibility index (Phi) is 4.63. The van der Waals surface area contributed by atoms with Gasteiger partial charge in [0, 0.05) is 13.7 Å². The minimum Gasteiger partial charge on any atom is -0.379 e. The van der Waals surface area contributed by atoms with Gasteiger partial charge in [-0.15, -0.1) is 0 Å². The molecule has 2 amide bonds. The van der Waals surface area contributed by atoms with Crippen LogP contribution in [0.15, 0.2) is 30.3 Å². The second-order valence-electron chi connectivity index (χ2n) is 5.83. The van der Waals surface area contributed by atoms with Crippen molar-refractivity contribution in [1.82, 2.24) is 10.2 Å². The first-order valence-corrected chi connectivity index (χ1v) is 7.12. The lowest BCUT2D eigenvalue weighted by Gasteiger charge is -2.37. The van der Waals surface area contributed by atoms with Crippen molar-refractivity contribution in [1.29, 1.82) is 0 Å². The molecule has 1 fully saturated rings. The number of amides is 2. The predicted octanol–water partition coefficient (Wildman–Crippen LogP) is 1.50. The van der Waals surface area contributed by atoms with E-state index in [9.17, 15) is 9.59 Å². The van der Waals surface area contributed by atoms with Gasteiger partial charge in [-0.1, -0.05) is 30.3 Å². The first-order chi connectivity index (χ1) is 9.94. The van der Waals surface area contributed by atoms with Crippen LogP contribution in [-0.2, 0) is 14.3 Å². The Morgan fingerprint density at radius 3 is 2.57 bits per heavy atom. The van der Waals surface area contributed by atoms with Gasteiger partial charge < -0.3 is 15.0 Å². The second kappa shape index (κ2) is 6.26. The van der Waals surface area contributed by atoms with Crippen molar-refractivity contribution >= 4 is 11.8 Å². The molecule has 1 aliphatic rings. The van der Waals surface area contributed by atoms with E-state index in [1.165, 1.54) is 0 Å². The van der Waals surface area contributed by atoms with Crippen molar-refractivity contribution in [2.75, 3.05) is 20.2 Å². The Bertz CT molecular complexity index is 514. The third-order valence-electron chi connectivity index (χ3n) is 3.92. The second-order valence-corrected chi connectivity index (χ2v) is 5.83. The SMILES string of the molecule is COC(C)(C)CCN1C(=O)CNC(=O)C1c1ccccc1. The minimum absolute atomic E-state index is 0.0599. The van der Waals surface area contributed by atoms with E-state index in [0.29, 0.717) is 13.0 Å². The molecule has 114 valence electrons. The summed E-state index contributed by atoms with van der Waals surface area (Å²) in [6.45, 7) is 4.50. The Balaban J connectivity index is 2.21. The van der Waals surface area contributed by atoms with E-state index < -0.39 is 6.04 Å². The molecule has 0 bridgehead atoms. The molecule has 1 aromatic carbocycles. The van der Waals surface area contributed by atoms with Gasteiger partial charge in [-0.3, -0.25) is 9.59 Å². The number of carbonyl (C=O) groups excluding carboxylic acids is 2. The number of benzene rings is 1. The lowest BCUT2D eigenvalue weighted by Crippen LogP contribution is -2.54. The number of nitrogens with zero attached hydrogens (tertiary/aromatic N) is 1. The predicted molar refractivity (Wildman–Crippen MR) is 79.6 cm³/mol. The summed E-state index contributed by atoms with van der Waals surface area (Å²) < 4.78 is 5.39. The molecule has 1 aromatic rings. The summed E-state index contributed by atoms with van der Waals surface area (Å²) in [5.41, 5.74) is 0.508. The topological polar surface area (TPSA) is 58.6 Å². The first-order valence-electron chi connectivity index (χ1n) is 7.12. The Hall–Kier alpha value is -1.88. The average molecular weight is 290 g/mol. The molecule has 0 spiro atoms. The van der Waals surface area contributed by atoms with Crippen LogP contribution in [0.2, 0.25) is 0 Å². The standard InChI is InChI=1S/C16H22N2O3/c1-16(2,21-3)9-10-18-13(19)11-17-15(20)14(18)12-7-5-4-6-8-12/h4-8,14H,9-11H2,1-3H3,(H,17,20). The van der Waals surface area contributed by atoms with Gasteiger partial charge in [0.2, 0.25) is 11.8 Å². The fourth-order valence-corrected chi connectivity index (χ4v) is 2.36. The zero-order valence-electron chi connectivity index (χ0n) is 12.8. The van der Waals surface area contributed by atoms with Crippen molar-refractivity contribution in [2.45, 2.75) is 31.9 Å². The minimum atomic E-state index is -0.555. The van der Waals surface area contributed by atoms with E-state index in [4.69, 9.17) is 4.74 Å². The van der Waals surface area contributed by atoms with Gasteiger partial charge in [-0.25, -0.2) is 0 Å². The van der Waals surface area contributed by atoms with Crippen LogP contribution in [0, 0.1) is 0 Å².